The second kappa shape index (κ2) is 7.75. The number of hydrogen-bond donors (Lipinski definition) is 1. The van der Waals surface area contributed by atoms with E-state index >= 15 is 0 Å². The van der Waals surface area contributed by atoms with Gasteiger partial charge in [0.05, 0.1) is 17.7 Å². The Kier molecular flexibility index (Phi) is 5.94. The van der Waals surface area contributed by atoms with Gasteiger partial charge in [-0.1, -0.05) is 49.2 Å². The molecule has 0 aliphatic carbocycles. The van der Waals surface area contributed by atoms with Gasteiger partial charge in [-0.15, -0.1) is 0 Å². The van der Waals surface area contributed by atoms with Gasteiger partial charge in [-0.3, -0.25) is 9.59 Å². The highest BCUT2D eigenvalue weighted by atomic mass is 35.5. The van der Waals surface area contributed by atoms with Crippen LogP contribution in [0.1, 0.15) is 40.1 Å². The average Bonchev–Trinajstić information content (AvgIpc) is 2.90. The topological polar surface area (TPSA) is 82.8 Å². The first-order valence-electron chi connectivity index (χ1n) is 7.01. The highest BCUT2D eigenvalue weighted by Gasteiger charge is 2.28. The number of nitriles is 1. The van der Waals surface area contributed by atoms with E-state index < -0.39 is 11.9 Å². The van der Waals surface area contributed by atoms with Crippen molar-refractivity contribution < 1.29 is 9.59 Å². The molecule has 5 nitrogen and oxygen atoms in total. The number of amides is 1. The second-order valence-corrected chi connectivity index (χ2v) is 7.10. The Labute approximate surface area is 153 Å². The summed E-state index contributed by atoms with van der Waals surface area (Å²) < 4.78 is 3.98. The molecule has 1 aromatic carbocycles. The Morgan fingerprint density at radius 1 is 1.25 bits per heavy atom. The van der Waals surface area contributed by atoms with Crippen molar-refractivity contribution >= 4 is 46.4 Å². The summed E-state index contributed by atoms with van der Waals surface area (Å²) in [6.45, 7) is 3.64. The van der Waals surface area contributed by atoms with E-state index in [1.165, 1.54) is 0 Å². The van der Waals surface area contributed by atoms with Gasteiger partial charge in [0.25, 0.3) is 5.91 Å². The van der Waals surface area contributed by atoms with Crippen LogP contribution in [0.3, 0.4) is 0 Å². The second-order valence-electron chi connectivity index (χ2n) is 5.37. The molecule has 1 N–H and O–H groups in total. The molecule has 1 aromatic heterocycles. The Bertz CT molecular complexity index is 790. The molecule has 124 valence electrons. The number of hydrogen-bond acceptors (Lipinski definition) is 5. The van der Waals surface area contributed by atoms with Crippen molar-refractivity contribution in [3.8, 4) is 6.07 Å². The number of rotatable bonds is 5. The van der Waals surface area contributed by atoms with Gasteiger partial charge in [-0.25, -0.2) is 0 Å². The van der Waals surface area contributed by atoms with Crippen LogP contribution in [0.15, 0.2) is 24.3 Å². The summed E-state index contributed by atoms with van der Waals surface area (Å²) in [5.41, 5.74) is 0.940. The maximum atomic E-state index is 12.7. The molecule has 1 amide bonds. The molecule has 0 saturated heterocycles. The third-order valence-electron chi connectivity index (χ3n) is 3.37. The molecule has 2 aromatic rings. The molecular formula is C16H13Cl2N3O2S. The number of nitrogens with zero attached hydrogens (tertiary/aromatic N) is 2. The third kappa shape index (κ3) is 3.93. The zero-order valence-electron chi connectivity index (χ0n) is 12.8. The van der Waals surface area contributed by atoms with Crippen LogP contribution < -0.4 is 5.32 Å². The first-order valence-corrected chi connectivity index (χ1v) is 8.54. The quantitative estimate of drug-likeness (QED) is 0.794. The van der Waals surface area contributed by atoms with E-state index in [2.05, 4.69) is 9.69 Å². The lowest BCUT2D eigenvalue weighted by Crippen LogP contribution is -2.44. The van der Waals surface area contributed by atoms with Crippen LogP contribution in [0.5, 0.6) is 0 Å². The summed E-state index contributed by atoms with van der Waals surface area (Å²) in [5.74, 6) is -0.945. The molecule has 0 fully saturated rings. The predicted octanol–water partition coefficient (Wildman–Crippen LogP) is 3.96. The van der Waals surface area contributed by atoms with E-state index in [1.807, 2.05) is 19.9 Å². The van der Waals surface area contributed by atoms with E-state index in [9.17, 15) is 9.59 Å². The van der Waals surface area contributed by atoms with Crippen molar-refractivity contribution in [1.82, 2.24) is 9.69 Å². The molecule has 0 saturated carbocycles. The SMILES string of the molecule is CC(C)C(NC(=O)c1c(Cl)nsc1Cl)C(=O)c1ccc(C#N)cc1. The first-order chi connectivity index (χ1) is 11.3. The van der Waals surface area contributed by atoms with Crippen LogP contribution in [-0.4, -0.2) is 22.1 Å². The van der Waals surface area contributed by atoms with Gasteiger partial charge in [-0.2, -0.15) is 9.64 Å². The molecule has 1 unspecified atom stereocenters. The van der Waals surface area contributed by atoms with Crippen LogP contribution in [0.25, 0.3) is 0 Å². The molecule has 0 spiro atoms. The number of ketones is 1. The van der Waals surface area contributed by atoms with Crippen molar-refractivity contribution in [2.24, 2.45) is 5.92 Å². The lowest BCUT2D eigenvalue weighted by atomic mass is 9.94. The number of halogens is 2. The zero-order chi connectivity index (χ0) is 17.9. The number of nitrogens with one attached hydrogen (secondary N) is 1. The molecule has 0 aliphatic rings. The fraction of sp³-hybridized carbons (Fsp3) is 0.250. The Hall–Kier alpha value is -1.94. The normalized spacial score (nSPS) is 11.8. The van der Waals surface area contributed by atoms with Crippen LogP contribution in [0, 0.1) is 17.2 Å². The zero-order valence-corrected chi connectivity index (χ0v) is 15.2. The monoisotopic (exact) mass is 381 g/mol. The Morgan fingerprint density at radius 3 is 2.33 bits per heavy atom. The van der Waals surface area contributed by atoms with Crippen molar-refractivity contribution in [1.29, 1.82) is 5.26 Å². The highest BCUT2D eigenvalue weighted by Crippen LogP contribution is 2.28. The first kappa shape index (κ1) is 18.4. The maximum Gasteiger partial charge on any atom is 0.257 e. The smallest absolute Gasteiger partial charge is 0.257 e. The Morgan fingerprint density at radius 2 is 1.88 bits per heavy atom. The molecule has 24 heavy (non-hydrogen) atoms. The average molecular weight is 382 g/mol. The number of aromatic nitrogens is 1. The van der Waals surface area contributed by atoms with Crippen molar-refractivity contribution in [2.75, 3.05) is 0 Å². The van der Waals surface area contributed by atoms with Gasteiger partial charge < -0.3 is 5.32 Å². The minimum atomic E-state index is -0.752. The van der Waals surface area contributed by atoms with Gasteiger partial charge in [0, 0.05) is 5.56 Å². The molecule has 1 atom stereocenters. The molecule has 0 aliphatic heterocycles. The summed E-state index contributed by atoms with van der Waals surface area (Å²) in [4.78, 5) is 25.1. The minimum absolute atomic E-state index is 0.0100. The van der Waals surface area contributed by atoms with E-state index in [0.29, 0.717) is 11.1 Å². The predicted molar refractivity (Wildman–Crippen MR) is 93.7 cm³/mol. The van der Waals surface area contributed by atoms with E-state index in [-0.39, 0.29) is 26.8 Å². The van der Waals surface area contributed by atoms with E-state index in [1.54, 1.807) is 24.3 Å². The fourth-order valence-corrected chi connectivity index (χ4v) is 3.27. The molecule has 0 bridgehead atoms. The van der Waals surface area contributed by atoms with Crippen molar-refractivity contribution in [2.45, 2.75) is 19.9 Å². The summed E-state index contributed by atoms with van der Waals surface area (Å²) in [6.07, 6.45) is 0. The maximum absolute atomic E-state index is 12.7. The highest BCUT2D eigenvalue weighted by molar-refractivity contribution is 7.11. The van der Waals surface area contributed by atoms with E-state index in [4.69, 9.17) is 28.5 Å². The van der Waals surface area contributed by atoms with Gasteiger partial charge >= 0.3 is 0 Å². The van der Waals surface area contributed by atoms with Gasteiger partial charge in [0.15, 0.2) is 10.9 Å². The summed E-state index contributed by atoms with van der Waals surface area (Å²) in [6, 6.07) is 7.48. The number of carbonyl (C=O) groups excluding carboxylic acids is 2. The fourth-order valence-electron chi connectivity index (χ4n) is 2.07. The lowest BCUT2D eigenvalue weighted by molar-refractivity contribution is 0.0831. The molecule has 2 rings (SSSR count). The Balaban J connectivity index is 2.24. The largest absolute Gasteiger partial charge is 0.341 e. The number of benzene rings is 1. The standard InChI is InChI=1S/C16H13Cl2N3O2S/c1-8(2)12(13(22)10-5-3-9(7-19)4-6-10)20-16(23)11-14(17)21-24-15(11)18/h3-6,8,12H,1-2H3,(H,20,23). The van der Waals surface area contributed by atoms with Crippen LogP contribution >= 0.6 is 34.7 Å². The number of Topliss-reactive ketones (excluding diaryl/α,β-unsaturated/α-hetero) is 1. The summed E-state index contributed by atoms with van der Waals surface area (Å²) in [5, 5.41) is 11.5. The molecular weight excluding hydrogens is 369 g/mol. The van der Waals surface area contributed by atoms with E-state index in [0.717, 1.165) is 11.5 Å². The van der Waals surface area contributed by atoms with Crippen LogP contribution in [0.4, 0.5) is 0 Å². The minimum Gasteiger partial charge on any atom is -0.341 e. The van der Waals surface area contributed by atoms with Crippen LogP contribution in [0.2, 0.25) is 9.49 Å². The van der Waals surface area contributed by atoms with Crippen molar-refractivity contribution in [3.63, 3.8) is 0 Å². The molecule has 8 heteroatoms. The van der Waals surface area contributed by atoms with Gasteiger partial charge in [0.2, 0.25) is 0 Å². The van der Waals surface area contributed by atoms with Crippen molar-refractivity contribution in [3.05, 3.63) is 50.4 Å². The van der Waals surface area contributed by atoms with Gasteiger partial charge in [-0.05, 0) is 29.6 Å². The summed E-state index contributed by atoms with van der Waals surface area (Å²) >= 11 is 12.7. The third-order valence-corrected chi connectivity index (χ3v) is 4.78. The lowest BCUT2D eigenvalue weighted by Gasteiger charge is -2.21. The van der Waals surface area contributed by atoms with Crippen LogP contribution in [-0.2, 0) is 0 Å². The van der Waals surface area contributed by atoms with Gasteiger partial charge in [0.1, 0.15) is 9.90 Å². The summed E-state index contributed by atoms with van der Waals surface area (Å²) in [7, 11) is 0. The molecule has 1 heterocycles. The molecule has 0 radical (unpaired) electrons. The number of carbonyl (C=O) groups is 2.